The van der Waals surface area contributed by atoms with Crippen LogP contribution < -0.4 is 10.9 Å². The molecule has 0 aliphatic rings. The van der Waals surface area contributed by atoms with Crippen molar-refractivity contribution in [3.8, 4) is 0 Å². The molecule has 0 fully saturated rings. The second-order valence-electron chi connectivity index (χ2n) is 6.54. The number of aryl methyl sites for hydroxylation is 1. The van der Waals surface area contributed by atoms with Gasteiger partial charge in [-0.05, 0) is 37.1 Å². The van der Waals surface area contributed by atoms with Crippen LogP contribution in [0.1, 0.15) is 11.3 Å². The molecule has 4 rings (SSSR count). The minimum Gasteiger partial charge on any atom is -0.361 e. The van der Waals surface area contributed by atoms with Gasteiger partial charge in [-0.3, -0.25) is 14.2 Å². The molecule has 6 heteroatoms. The summed E-state index contributed by atoms with van der Waals surface area (Å²) < 4.78 is 1.48. The number of aromatic nitrogens is 3. The largest absolute Gasteiger partial charge is 0.361 e. The van der Waals surface area contributed by atoms with Crippen LogP contribution in [-0.4, -0.2) is 27.0 Å². The molecular formula is C21H20N4O2. The van der Waals surface area contributed by atoms with Gasteiger partial charge in [-0.15, -0.1) is 0 Å². The van der Waals surface area contributed by atoms with Gasteiger partial charge < -0.3 is 10.3 Å². The highest BCUT2D eigenvalue weighted by atomic mass is 16.2. The number of fused-ring (bicyclic) bond motifs is 2. The van der Waals surface area contributed by atoms with Crippen molar-refractivity contribution in [2.24, 2.45) is 0 Å². The van der Waals surface area contributed by atoms with Crippen LogP contribution in [0.15, 0.2) is 59.5 Å². The number of nitrogens with zero attached hydrogens (tertiary/aromatic N) is 2. The number of amides is 1. The first kappa shape index (κ1) is 17.0. The number of carbonyl (C=O) groups is 1. The summed E-state index contributed by atoms with van der Waals surface area (Å²) in [6.45, 7) is 2.16. The Bertz CT molecular complexity index is 1190. The van der Waals surface area contributed by atoms with Gasteiger partial charge in [-0.2, -0.15) is 0 Å². The molecule has 0 atom stereocenters. The number of carbonyl (C=O) groups excluding carboxylic acids is 1. The molecule has 27 heavy (non-hydrogen) atoms. The Labute approximate surface area is 155 Å². The maximum absolute atomic E-state index is 12.4. The van der Waals surface area contributed by atoms with Crippen molar-refractivity contribution in [1.82, 2.24) is 19.9 Å². The van der Waals surface area contributed by atoms with Gasteiger partial charge in [0.15, 0.2) is 0 Å². The van der Waals surface area contributed by atoms with E-state index in [4.69, 9.17) is 0 Å². The smallest absolute Gasteiger partial charge is 0.272 e. The second-order valence-corrected chi connectivity index (χ2v) is 6.54. The summed E-state index contributed by atoms with van der Waals surface area (Å²) in [5.41, 5.74) is 3.78. The molecule has 2 aromatic carbocycles. The molecule has 6 nitrogen and oxygen atoms in total. The van der Waals surface area contributed by atoms with E-state index in [0.29, 0.717) is 23.3 Å². The van der Waals surface area contributed by atoms with Gasteiger partial charge in [-0.25, -0.2) is 4.98 Å². The lowest BCUT2D eigenvalue weighted by molar-refractivity contribution is -0.121. The molecule has 2 heterocycles. The lowest BCUT2D eigenvalue weighted by Crippen LogP contribution is -2.34. The molecule has 2 aromatic heterocycles. The molecule has 0 bridgehead atoms. The number of para-hydroxylation sites is 3. The van der Waals surface area contributed by atoms with Crippen LogP contribution in [0.2, 0.25) is 0 Å². The molecule has 2 N–H and O–H groups in total. The molecule has 0 saturated heterocycles. The van der Waals surface area contributed by atoms with E-state index in [0.717, 1.165) is 17.5 Å². The summed E-state index contributed by atoms with van der Waals surface area (Å²) >= 11 is 0. The average Bonchev–Trinajstić information content (AvgIpc) is 3.09. The van der Waals surface area contributed by atoms with Crippen LogP contribution in [0.5, 0.6) is 0 Å². The third kappa shape index (κ3) is 3.33. The van der Waals surface area contributed by atoms with E-state index in [1.165, 1.54) is 9.95 Å². The monoisotopic (exact) mass is 360 g/mol. The first-order valence-electron chi connectivity index (χ1n) is 8.91. The highest BCUT2D eigenvalue weighted by Gasteiger charge is 2.11. The number of hydrogen-bond acceptors (Lipinski definition) is 3. The second kappa shape index (κ2) is 7.07. The van der Waals surface area contributed by atoms with E-state index in [-0.39, 0.29) is 18.0 Å². The van der Waals surface area contributed by atoms with Gasteiger partial charge in [0.2, 0.25) is 5.91 Å². The molecular weight excluding hydrogens is 340 g/mol. The normalized spacial score (nSPS) is 11.1. The van der Waals surface area contributed by atoms with Gasteiger partial charge in [0.25, 0.3) is 5.56 Å². The van der Waals surface area contributed by atoms with Crippen LogP contribution in [0.3, 0.4) is 0 Å². The van der Waals surface area contributed by atoms with Crippen LogP contribution in [0.4, 0.5) is 0 Å². The topological polar surface area (TPSA) is 79.8 Å². The molecule has 0 unspecified atom stereocenters. The Morgan fingerprint density at radius 2 is 1.93 bits per heavy atom. The first-order valence-corrected chi connectivity index (χ1v) is 8.91. The number of benzene rings is 2. The predicted octanol–water partition coefficient (Wildman–Crippen LogP) is 2.55. The fourth-order valence-corrected chi connectivity index (χ4v) is 3.35. The Balaban J connectivity index is 1.46. The summed E-state index contributed by atoms with van der Waals surface area (Å²) in [6.07, 6.45) is 2.70. The highest BCUT2D eigenvalue weighted by molar-refractivity contribution is 5.83. The number of nitrogens with one attached hydrogen (secondary N) is 2. The Morgan fingerprint density at radius 3 is 2.81 bits per heavy atom. The number of aromatic amines is 1. The minimum atomic E-state index is -0.236. The van der Waals surface area contributed by atoms with Crippen LogP contribution in [0.25, 0.3) is 21.9 Å². The molecule has 0 saturated carbocycles. The lowest BCUT2D eigenvalue weighted by atomic mass is 10.1. The van der Waals surface area contributed by atoms with E-state index in [2.05, 4.69) is 21.4 Å². The average molecular weight is 360 g/mol. The van der Waals surface area contributed by atoms with Crippen molar-refractivity contribution >= 4 is 27.8 Å². The zero-order valence-electron chi connectivity index (χ0n) is 15.0. The van der Waals surface area contributed by atoms with Gasteiger partial charge in [0, 0.05) is 23.6 Å². The molecule has 136 valence electrons. The van der Waals surface area contributed by atoms with Crippen molar-refractivity contribution in [2.45, 2.75) is 19.9 Å². The van der Waals surface area contributed by atoms with Crippen molar-refractivity contribution in [2.75, 3.05) is 6.54 Å². The van der Waals surface area contributed by atoms with E-state index in [9.17, 15) is 9.59 Å². The zero-order chi connectivity index (χ0) is 18.8. The molecule has 0 aliphatic carbocycles. The van der Waals surface area contributed by atoms with E-state index in [1.807, 2.05) is 48.7 Å². The SMILES string of the molecule is Cc1nc2ccccc2n(CC(=O)NCCc2c[nH]c3ccccc23)c1=O. The molecule has 0 spiro atoms. The van der Waals surface area contributed by atoms with Gasteiger partial charge in [0.1, 0.15) is 12.2 Å². The summed E-state index contributed by atoms with van der Waals surface area (Å²) in [6, 6.07) is 15.4. The van der Waals surface area contributed by atoms with Crippen molar-refractivity contribution in [1.29, 1.82) is 0 Å². The summed E-state index contributed by atoms with van der Waals surface area (Å²) in [4.78, 5) is 32.4. The number of rotatable bonds is 5. The van der Waals surface area contributed by atoms with Crippen molar-refractivity contribution in [3.05, 3.63) is 76.3 Å². The van der Waals surface area contributed by atoms with Crippen LogP contribution in [-0.2, 0) is 17.8 Å². The van der Waals surface area contributed by atoms with Crippen molar-refractivity contribution < 1.29 is 4.79 Å². The van der Waals surface area contributed by atoms with E-state index >= 15 is 0 Å². The van der Waals surface area contributed by atoms with Crippen LogP contribution >= 0.6 is 0 Å². The molecule has 1 amide bonds. The summed E-state index contributed by atoms with van der Waals surface area (Å²) in [5.74, 6) is -0.187. The van der Waals surface area contributed by atoms with Gasteiger partial charge in [-0.1, -0.05) is 30.3 Å². The maximum Gasteiger partial charge on any atom is 0.272 e. The zero-order valence-corrected chi connectivity index (χ0v) is 15.0. The third-order valence-electron chi connectivity index (χ3n) is 4.71. The van der Waals surface area contributed by atoms with Gasteiger partial charge in [0.05, 0.1) is 11.0 Å². The van der Waals surface area contributed by atoms with Crippen molar-refractivity contribution in [3.63, 3.8) is 0 Å². The Morgan fingerprint density at radius 1 is 1.15 bits per heavy atom. The van der Waals surface area contributed by atoms with E-state index < -0.39 is 0 Å². The fourth-order valence-electron chi connectivity index (χ4n) is 3.35. The lowest BCUT2D eigenvalue weighted by Gasteiger charge is -2.11. The molecule has 0 aliphatic heterocycles. The Hall–Kier alpha value is -3.41. The van der Waals surface area contributed by atoms with Crippen LogP contribution in [0, 0.1) is 6.92 Å². The highest BCUT2D eigenvalue weighted by Crippen LogP contribution is 2.17. The molecule has 4 aromatic rings. The quantitative estimate of drug-likeness (QED) is 0.574. The summed E-state index contributed by atoms with van der Waals surface area (Å²) in [5, 5.41) is 4.08. The maximum atomic E-state index is 12.4. The number of H-pyrrole nitrogens is 1. The van der Waals surface area contributed by atoms with E-state index in [1.54, 1.807) is 6.92 Å². The number of hydrogen-bond donors (Lipinski definition) is 2. The molecule has 0 radical (unpaired) electrons. The first-order chi connectivity index (χ1) is 13.1. The summed E-state index contributed by atoms with van der Waals surface area (Å²) in [7, 11) is 0. The third-order valence-corrected chi connectivity index (χ3v) is 4.71. The standard InChI is InChI=1S/C21H20N4O2/c1-14-21(27)25(19-9-5-4-8-18(19)24-14)13-20(26)22-11-10-15-12-23-17-7-3-2-6-16(15)17/h2-9,12,23H,10-11,13H2,1H3,(H,22,26). The Kier molecular flexibility index (Phi) is 4.46. The fraction of sp³-hybridized carbons (Fsp3) is 0.190. The minimum absolute atomic E-state index is 0.0173. The van der Waals surface area contributed by atoms with Gasteiger partial charge >= 0.3 is 0 Å². The predicted molar refractivity (Wildman–Crippen MR) is 106 cm³/mol.